The van der Waals surface area contributed by atoms with Gasteiger partial charge in [0.2, 0.25) is 0 Å². The van der Waals surface area contributed by atoms with Gasteiger partial charge in [-0.3, -0.25) is 10.1 Å². The summed E-state index contributed by atoms with van der Waals surface area (Å²) in [5, 5.41) is 20.1. The van der Waals surface area contributed by atoms with Gasteiger partial charge >= 0.3 is 11.9 Å². The first-order valence-electron chi connectivity index (χ1n) is 8.05. The number of non-ortho nitro benzene ring substituents is 1. The standard InChI is InChI=1S/C20H11F2NO6/c21-13-4-7-15(17(22)10-13)12-3-8-18(16(9-12)19(24)25)29-20(26)11-1-5-14(6-2-11)23(27)28/h1-10H,(H,24,25). The maximum Gasteiger partial charge on any atom is 0.343 e. The highest BCUT2D eigenvalue weighted by molar-refractivity contribution is 5.96. The summed E-state index contributed by atoms with van der Waals surface area (Å²) in [6.45, 7) is 0. The van der Waals surface area contributed by atoms with Crippen molar-refractivity contribution in [3.8, 4) is 16.9 Å². The molecule has 3 rings (SSSR count). The highest BCUT2D eigenvalue weighted by Crippen LogP contribution is 2.29. The van der Waals surface area contributed by atoms with Gasteiger partial charge in [0.25, 0.3) is 5.69 Å². The highest BCUT2D eigenvalue weighted by Gasteiger charge is 2.19. The topological polar surface area (TPSA) is 107 Å². The molecule has 9 heteroatoms. The second-order valence-electron chi connectivity index (χ2n) is 5.83. The number of carbonyl (C=O) groups excluding carboxylic acids is 1. The Hall–Kier alpha value is -4.14. The molecule has 0 aromatic heterocycles. The smallest absolute Gasteiger partial charge is 0.343 e. The van der Waals surface area contributed by atoms with Gasteiger partial charge in [-0.25, -0.2) is 18.4 Å². The third-order valence-corrected chi connectivity index (χ3v) is 3.97. The Bertz CT molecular complexity index is 1130. The molecular formula is C20H11F2NO6. The zero-order valence-corrected chi connectivity index (χ0v) is 14.5. The average molecular weight is 399 g/mol. The minimum Gasteiger partial charge on any atom is -0.478 e. The summed E-state index contributed by atoms with van der Waals surface area (Å²) < 4.78 is 32.1. The number of halogens is 2. The molecule has 0 fully saturated rings. The number of carboxylic acids is 1. The Kier molecular flexibility index (Phi) is 5.31. The van der Waals surface area contributed by atoms with Crippen LogP contribution in [0.4, 0.5) is 14.5 Å². The summed E-state index contributed by atoms with van der Waals surface area (Å²) in [6, 6.07) is 11.0. The fourth-order valence-corrected chi connectivity index (χ4v) is 2.56. The molecule has 0 atom stereocenters. The number of rotatable bonds is 5. The van der Waals surface area contributed by atoms with E-state index in [0.29, 0.717) is 6.07 Å². The van der Waals surface area contributed by atoms with Crippen LogP contribution in [0.25, 0.3) is 11.1 Å². The number of nitrogens with zero attached hydrogens (tertiary/aromatic N) is 1. The molecule has 0 aliphatic rings. The highest BCUT2D eigenvalue weighted by atomic mass is 19.1. The van der Waals surface area contributed by atoms with Gasteiger partial charge in [-0.05, 0) is 42.0 Å². The first-order valence-corrected chi connectivity index (χ1v) is 8.05. The third kappa shape index (κ3) is 4.24. The van der Waals surface area contributed by atoms with Crippen LogP contribution in [0.5, 0.6) is 5.75 Å². The van der Waals surface area contributed by atoms with Crippen LogP contribution in [0.3, 0.4) is 0 Å². The molecule has 0 spiro atoms. The molecule has 3 aromatic carbocycles. The molecule has 0 saturated heterocycles. The van der Waals surface area contributed by atoms with E-state index in [1.165, 1.54) is 24.3 Å². The number of esters is 1. The van der Waals surface area contributed by atoms with Gasteiger partial charge in [-0.15, -0.1) is 0 Å². The van der Waals surface area contributed by atoms with Gasteiger partial charge in [0.1, 0.15) is 22.9 Å². The molecular weight excluding hydrogens is 388 g/mol. The maximum atomic E-state index is 14.0. The average Bonchev–Trinajstić information content (AvgIpc) is 2.68. The number of hydrogen-bond acceptors (Lipinski definition) is 5. The summed E-state index contributed by atoms with van der Waals surface area (Å²) in [5.41, 5.74) is -0.544. The molecule has 146 valence electrons. The molecule has 0 heterocycles. The van der Waals surface area contributed by atoms with E-state index in [1.54, 1.807) is 0 Å². The van der Waals surface area contributed by atoms with E-state index in [1.807, 2.05) is 0 Å². The Morgan fingerprint density at radius 2 is 1.66 bits per heavy atom. The molecule has 0 amide bonds. The van der Waals surface area contributed by atoms with E-state index in [4.69, 9.17) is 4.74 Å². The van der Waals surface area contributed by atoms with Gasteiger partial charge in [0.15, 0.2) is 0 Å². The first kappa shape index (κ1) is 19.6. The first-order chi connectivity index (χ1) is 13.8. The van der Waals surface area contributed by atoms with Crippen LogP contribution in [0.2, 0.25) is 0 Å². The van der Waals surface area contributed by atoms with Crippen LogP contribution >= 0.6 is 0 Å². The fourth-order valence-electron chi connectivity index (χ4n) is 2.56. The molecule has 0 aliphatic carbocycles. The lowest BCUT2D eigenvalue weighted by molar-refractivity contribution is -0.384. The van der Waals surface area contributed by atoms with E-state index in [2.05, 4.69) is 0 Å². The lowest BCUT2D eigenvalue weighted by Crippen LogP contribution is -2.11. The summed E-state index contributed by atoms with van der Waals surface area (Å²) in [7, 11) is 0. The summed E-state index contributed by atoms with van der Waals surface area (Å²) in [5.74, 6) is -4.31. The molecule has 0 aliphatic heterocycles. The minimum atomic E-state index is -1.43. The van der Waals surface area contributed by atoms with Crippen LogP contribution in [0.15, 0.2) is 60.7 Å². The van der Waals surface area contributed by atoms with Crippen molar-refractivity contribution in [2.24, 2.45) is 0 Å². The molecule has 1 N–H and O–H groups in total. The van der Waals surface area contributed by atoms with Crippen LogP contribution in [0, 0.1) is 21.7 Å². The zero-order chi connectivity index (χ0) is 21.1. The maximum absolute atomic E-state index is 14.0. The van der Waals surface area contributed by atoms with Crippen molar-refractivity contribution in [3.63, 3.8) is 0 Å². The number of benzene rings is 3. The zero-order valence-electron chi connectivity index (χ0n) is 14.5. The van der Waals surface area contributed by atoms with Crippen molar-refractivity contribution in [1.82, 2.24) is 0 Å². The predicted octanol–water partition coefficient (Wildman–Crippen LogP) is 4.46. The molecule has 7 nitrogen and oxygen atoms in total. The number of nitro benzene ring substituents is 1. The van der Waals surface area contributed by atoms with E-state index < -0.39 is 34.1 Å². The van der Waals surface area contributed by atoms with Crippen LogP contribution in [-0.2, 0) is 0 Å². The van der Waals surface area contributed by atoms with Crippen molar-refractivity contribution in [2.45, 2.75) is 0 Å². The van der Waals surface area contributed by atoms with E-state index in [9.17, 15) is 33.6 Å². The minimum absolute atomic E-state index is 0.0258. The second kappa shape index (κ2) is 7.85. The van der Waals surface area contributed by atoms with E-state index in [-0.39, 0.29) is 28.1 Å². The van der Waals surface area contributed by atoms with Crippen molar-refractivity contribution in [3.05, 3.63) is 93.5 Å². The Morgan fingerprint density at radius 1 is 0.966 bits per heavy atom. The van der Waals surface area contributed by atoms with Gasteiger partial charge in [-0.1, -0.05) is 6.07 Å². The van der Waals surface area contributed by atoms with E-state index >= 15 is 0 Å². The monoisotopic (exact) mass is 399 g/mol. The van der Waals surface area contributed by atoms with Gasteiger partial charge < -0.3 is 9.84 Å². The molecule has 0 bridgehead atoms. The molecule has 0 radical (unpaired) electrons. The summed E-state index contributed by atoms with van der Waals surface area (Å²) >= 11 is 0. The number of aromatic carboxylic acids is 1. The Balaban J connectivity index is 1.92. The largest absolute Gasteiger partial charge is 0.478 e. The Morgan fingerprint density at radius 3 is 2.24 bits per heavy atom. The number of ether oxygens (including phenoxy) is 1. The van der Waals surface area contributed by atoms with Crippen LogP contribution in [0.1, 0.15) is 20.7 Å². The van der Waals surface area contributed by atoms with Gasteiger partial charge in [0.05, 0.1) is 10.5 Å². The lowest BCUT2D eigenvalue weighted by Gasteiger charge is -2.10. The number of carbonyl (C=O) groups is 2. The summed E-state index contributed by atoms with van der Waals surface area (Å²) in [6.07, 6.45) is 0. The van der Waals surface area contributed by atoms with Gasteiger partial charge in [0, 0.05) is 23.8 Å². The van der Waals surface area contributed by atoms with Crippen molar-refractivity contribution < 1.29 is 33.1 Å². The van der Waals surface area contributed by atoms with Crippen molar-refractivity contribution in [2.75, 3.05) is 0 Å². The van der Waals surface area contributed by atoms with Crippen molar-refractivity contribution >= 4 is 17.6 Å². The van der Waals surface area contributed by atoms with Crippen LogP contribution < -0.4 is 4.74 Å². The van der Waals surface area contributed by atoms with Gasteiger partial charge in [-0.2, -0.15) is 0 Å². The quantitative estimate of drug-likeness (QED) is 0.294. The number of hydrogen-bond donors (Lipinski definition) is 1. The fraction of sp³-hybridized carbons (Fsp3) is 0. The summed E-state index contributed by atoms with van der Waals surface area (Å²) in [4.78, 5) is 33.8. The second-order valence-corrected chi connectivity index (χ2v) is 5.83. The van der Waals surface area contributed by atoms with Crippen LogP contribution in [-0.4, -0.2) is 22.0 Å². The predicted molar refractivity (Wildman–Crippen MR) is 96.8 cm³/mol. The number of nitro groups is 1. The Labute approximate surface area is 161 Å². The molecule has 0 unspecified atom stereocenters. The van der Waals surface area contributed by atoms with E-state index in [0.717, 1.165) is 30.3 Å². The normalized spacial score (nSPS) is 10.4. The third-order valence-electron chi connectivity index (χ3n) is 3.97. The molecule has 29 heavy (non-hydrogen) atoms. The number of carboxylic acid groups (broad SMARTS) is 1. The van der Waals surface area contributed by atoms with Crippen molar-refractivity contribution in [1.29, 1.82) is 0 Å². The molecule has 3 aromatic rings. The lowest BCUT2D eigenvalue weighted by atomic mass is 10.0. The SMILES string of the molecule is O=C(Oc1ccc(-c2ccc(F)cc2F)cc1C(=O)O)c1ccc([N+](=O)[O-])cc1. The molecule has 0 saturated carbocycles.